The predicted octanol–water partition coefficient (Wildman–Crippen LogP) is 3.67. The minimum absolute atomic E-state index is 0.481. The second-order valence-electron chi connectivity index (χ2n) is 4.43. The molecule has 3 heteroatoms. The van der Waals surface area contributed by atoms with Gasteiger partial charge in [0.1, 0.15) is 5.15 Å². The lowest BCUT2D eigenvalue weighted by Crippen LogP contribution is -2.34. The van der Waals surface area contributed by atoms with Crippen molar-refractivity contribution < 1.29 is 0 Å². The zero-order valence-electron chi connectivity index (χ0n) is 9.82. The Bertz CT molecular complexity index is 338. The number of likely N-dealkylation sites (tertiary alicyclic amines) is 1. The van der Waals surface area contributed by atoms with Crippen molar-refractivity contribution in [3.8, 4) is 0 Å². The molecule has 1 aromatic heterocycles. The van der Waals surface area contributed by atoms with Gasteiger partial charge in [0, 0.05) is 17.8 Å². The standard InChI is InChI=1S/C13H19ClN2/c1-2-9-16-10-4-3-7-12(16)11-6-5-8-15-13(11)14/h5-6,8,12H,2-4,7,9-10H2,1H3/t12-/m1/s1. The maximum absolute atomic E-state index is 6.19. The van der Waals surface area contributed by atoms with E-state index in [0.717, 1.165) is 6.54 Å². The molecule has 1 aliphatic rings. The average molecular weight is 239 g/mol. The molecule has 0 radical (unpaired) electrons. The molecule has 1 atom stereocenters. The molecule has 0 aliphatic carbocycles. The van der Waals surface area contributed by atoms with Crippen molar-refractivity contribution in [1.82, 2.24) is 9.88 Å². The quantitative estimate of drug-likeness (QED) is 0.747. The molecule has 1 aliphatic heterocycles. The first-order valence-electron chi connectivity index (χ1n) is 6.17. The number of hydrogen-bond acceptors (Lipinski definition) is 2. The number of halogens is 1. The first kappa shape index (κ1) is 11.9. The number of aromatic nitrogens is 1. The molecule has 0 aromatic carbocycles. The van der Waals surface area contributed by atoms with Gasteiger partial charge in [-0.05, 0) is 38.4 Å². The largest absolute Gasteiger partial charge is 0.296 e. The molecular formula is C13H19ClN2. The third-order valence-corrected chi connectivity index (χ3v) is 3.59. The molecule has 2 heterocycles. The lowest BCUT2D eigenvalue weighted by Gasteiger charge is -2.36. The van der Waals surface area contributed by atoms with Gasteiger partial charge in [0.2, 0.25) is 0 Å². The number of pyridine rings is 1. The molecule has 0 N–H and O–H groups in total. The van der Waals surface area contributed by atoms with Gasteiger partial charge in [0.25, 0.3) is 0 Å². The van der Waals surface area contributed by atoms with Crippen LogP contribution in [-0.2, 0) is 0 Å². The van der Waals surface area contributed by atoms with Gasteiger partial charge in [-0.15, -0.1) is 0 Å². The van der Waals surface area contributed by atoms with E-state index in [0.29, 0.717) is 11.2 Å². The Morgan fingerprint density at radius 3 is 3.12 bits per heavy atom. The first-order valence-corrected chi connectivity index (χ1v) is 6.55. The molecule has 88 valence electrons. The Kier molecular flexibility index (Phi) is 4.19. The van der Waals surface area contributed by atoms with Crippen molar-refractivity contribution in [2.24, 2.45) is 0 Å². The fraction of sp³-hybridized carbons (Fsp3) is 0.615. The Hall–Kier alpha value is -0.600. The molecule has 2 nitrogen and oxygen atoms in total. The lowest BCUT2D eigenvalue weighted by molar-refractivity contribution is 0.149. The van der Waals surface area contributed by atoms with Crippen LogP contribution in [-0.4, -0.2) is 23.0 Å². The SMILES string of the molecule is CCCN1CCCC[C@@H]1c1cccnc1Cl. The summed E-state index contributed by atoms with van der Waals surface area (Å²) in [4.78, 5) is 6.74. The molecule has 1 saturated heterocycles. The molecule has 0 saturated carbocycles. The summed E-state index contributed by atoms with van der Waals surface area (Å²) in [6.07, 6.45) is 6.79. The normalized spacial score (nSPS) is 22.2. The van der Waals surface area contributed by atoms with E-state index >= 15 is 0 Å². The number of rotatable bonds is 3. The van der Waals surface area contributed by atoms with E-state index in [1.807, 2.05) is 6.07 Å². The summed E-state index contributed by atoms with van der Waals surface area (Å²) in [7, 11) is 0. The van der Waals surface area contributed by atoms with Gasteiger partial charge in [-0.25, -0.2) is 4.98 Å². The molecule has 1 fully saturated rings. The summed E-state index contributed by atoms with van der Waals surface area (Å²) in [5.41, 5.74) is 1.21. The van der Waals surface area contributed by atoms with E-state index in [4.69, 9.17) is 11.6 Å². The fourth-order valence-electron chi connectivity index (χ4n) is 2.55. The van der Waals surface area contributed by atoms with E-state index in [1.54, 1.807) is 6.20 Å². The van der Waals surface area contributed by atoms with Crippen LogP contribution in [0.25, 0.3) is 0 Å². The average Bonchev–Trinajstić information content (AvgIpc) is 2.31. The summed E-state index contributed by atoms with van der Waals surface area (Å²) < 4.78 is 0. The molecule has 16 heavy (non-hydrogen) atoms. The fourth-order valence-corrected chi connectivity index (χ4v) is 2.79. The van der Waals surface area contributed by atoms with E-state index in [9.17, 15) is 0 Å². The summed E-state index contributed by atoms with van der Waals surface area (Å²) >= 11 is 6.19. The van der Waals surface area contributed by atoms with Crippen LogP contribution in [0.3, 0.4) is 0 Å². The Morgan fingerprint density at radius 2 is 2.38 bits per heavy atom. The molecule has 0 amide bonds. The van der Waals surface area contributed by atoms with Crippen LogP contribution in [0.1, 0.15) is 44.2 Å². The van der Waals surface area contributed by atoms with Crippen LogP contribution >= 0.6 is 11.6 Å². The van der Waals surface area contributed by atoms with E-state index in [-0.39, 0.29) is 0 Å². The van der Waals surface area contributed by atoms with Gasteiger partial charge < -0.3 is 0 Å². The molecule has 0 spiro atoms. The van der Waals surface area contributed by atoms with Crippen LogP contribution in [0.15, 0.2) is 18.3 Å². The van der Waals surface area contributed by atoms with Crippen LogP contribution in [0.5, 0.6) is 0 Å². The van der Waals surface area contributed by atoms with Crippen molar-refractivity contribution in [1.29, 1.82) is 0 Å². The highest BCUT2D eigenvalue weighted by molar-refractivity contribution is 6.30. The predicted molar refractivity (Wildman–Crippen MR) is 67.7 cm³/mol. The highest BCUT2D eigenvalue weighted by Gasteiger charge is 2.24. The third-order valence-electron chi connectivity index (χ3n) is 3.27. The van der Waals surface area contributed by atoms with Gasteiger partial charge in [-0.3, -0.25) is 4.90 Å². The lowest BCUT2D eigenvalue weighted by atomic mass is 9.96. The van der Waals surface area contributed by atoms with Gasteiger partial charge in [-0.1, -0.05) is 31.0 Å². The van der Waals surface area contributed by atoms with Gasteiger partial charge in [0.05, 0.1) is 0 Å². The highest BCUT2D eigenvalue weighted by Crippen LogP contribution is 2.33. The van der Waals surface area contributed by atoms with E-state index < -0.39 is 0 Å². The van der Waals surface area contributed by atoms with Crippen molar-refractivity contribution in [3.05, 3.63) is 29.0 Å². The topological polar surface area (TPSA) is 16.1 Å². The van der Waals surface area contributed by atoms with Gasteiger partial charge in [-0.2, -0.15) is 0 Å². The van der Waals surface area contributed by atoms with Crippen LogP contribution in [0.2, 0.25) is 5.15 Å². The first-order chi connectivity index (χ1) is 7.83. The van der Waals surface area contributed by atoms with Crippen molar-refractivity contribution in [3.63, 3.8) is 0 Å². The zero-order chi connectivity index (χ0) is 11.4. The maximum Gasteiger partial charge on any atom is 0.133 e. The summed E-state index contributed by atoms with van der Waals surface area (Å²) in [6.45, 7) is 4.59. The van der Waals surface area contributed by atoms with E-state index in [1.165, 1.54) is 37.8 Å². The van der Waals surface area contributed by atoms with E-state index in [2.05, 4.69) is 22.9 Å². The molecule has 2 rings (SSSR count). The Morgan fingerprint density at radius 1 is 1.50 bits per heavy atom. The van der Waals surface area contributed by atoms with Crippen molar-refractivity contribution >= 4 is 11.6 Å². The van der Waals surface area contributed by atoms with Crippen LogP contribution < -0.4 is 0 Å². The molecular weight excluding hydrogens is 220 g/mol. The number of hydrogen-bond donors (Lipinski definition) is 0. The summed E-state index contributed by atoms with van der Waals surface area (Å²) in [5, 5.41) is 0.676. The summed E-state index contributed by atoms with van der Waals surface area (Å²) in [6, 6.07) is 4.59. The Labute approximate surface area is 103 Å². The number of piperidine rings is 1. The van der Waals surface area contributed by atoms with Gasteiger partial charge in [0.15, 0.2) is 0 Å². The van der Waals surface area contributed by atoms with Crippen molar-refractivity contribution in [2.45, 2.75) is 38.6 Å². The van der Waals surface area contributed by atoms with Gasteiger partial charge >= 0.3 is 0 Å². The number of nitrogens with zero attached hydrogens (tertiary/aromatic N) is 2. The minimum atomic E-state index is 0.481. The third kappa shape index (κ3) is 2.55. The Balaban J connectivity index is 2.19. The van der Waals surface area contributed by atoms with Crippen LogP contribution in [0.4, 0.5) is 0 Å². The van der Waals surface area contributed by atoms with Crippen molar-refractivity contribution in [2.75, 3.05) is 13.1 Å². The summed E-state index contributed by atoms with van der Waals surface area (Å²) in [5.74, 6) is 0. The van der Waals surface area contributed by atoms with Crippen LogP contribution in [0, 0.1) is 0 Å². The molecule has 0 bridgehead atoms. The monoisotopic (exact) mass is 238 g/mol. The highest BCUT2D eigenvalue weighted by atomic mass is 35.5. The zero-order valence-corrected chi connectivity index (χ0v) is 10.6. The second kappa shape index (κ2) is 5.65. The minimum Gasteiger partial charge on any atom is -0.296 e. The molecule has 0 unspecified atom stereocenters. The smallest absolute Gasteiger partial charge is 0.133 e. The maximum atomic E-state index is 6.19. The second-order valence-corrected chi connectivity index (χ2v) is 4.79. The molecule has 1 aromatic rings.